The van der Waals surface area contributed by atoms with Gasteiger partial charge in [0.05, 0.1) is 13.5 Å². The summed E-state index contributed by atoms with van der Waals surface area (Å²) in [6, 6.07) is 6.47. The van der Waals surface area contributed by atoms with E-state index in [0.29, 0.717) is 0 Å². The number of rotatable bonds is 7. The summed E-state index contributed by atoms with van der Waals surface area (Å²) < 4.78 is 4.45. The minimum absolute atomic E-state index is 0.0816. The number of amides is 1. The summed E-state index contributed by atoms with van der Waals surface area (Å²) in [7, 11) is 1.23. The number of ether oxygens (including phenoxy) is 1. The van der Waals surface area contributed by atoms with Crippen LogP contribution in [0.1, 0.15) is 18.4 Å². The molecule has 0 aliphatic rings. The van der Waals surface area contributed by atoms with E-state index in [1.807, 2.05) is 24.3 Å². The van der Waals surface area contributed by atoms with Crippen molar-refractivity contribution >= 4 is 28.7 Å². The van der Waals surface area contributed by atoms with Gasteiger partial charge in [0, 0.05) is 29.9 Å². The van der Waals surface area contributed by atoms with Crippen LogP contribution in [0.4, 0.5) is 0 Å². The molecule has 1 aromatic heterocycles. The molecule has 1 heterocycles. The summed E-state index contributed by atoms with van der Waals surface area (Å²) in [6.45, 7) is 0. The van der Waals surface area contributed by atoms with Gasteiger partial charge in [-0.05, 0) is 11.6 Å². The molecule has 1 aromatic carbocycles. The van der Waals surface area contributed by atoms with Gasteiger partial charge < -0.3 is 20.1 Å². The van der Waals surface area contributed by atoms with Crippen molar-refractivity contribution in [3.63, 3.8) is 0 Å². The fraction of sp³-hybridized carbons (Fsp3) is 0.312. The summed E-state index contributed by atoms with van der Waals surface area (Å²) >= 11 is 0. The number of fused-ring (bicyclic) bond motifs is 1. The van der Waals surface area contributed by atoms with Crippen LogP contribution in [-0.4, -0.2) is 41.1 Å². The molecular formula is C16H18N2O5. The number of benzene rings is 1. The SMILES string of the molecule is COC(=O)CCC(=O)NC(Cc1c[nH]c2ccccc12)C(=O)O. The summed E-state index contributed by atoms with van der Waals surface area (Å²) in [4.78, 5) is 37.2. The van der Waals surface area contributed by atoms with Crippen molar-refractivity contribution in [2.75, 3.05) is 7.11 Å². The Labute approximate surface area is 132 Å². The van der Waals surface area contributed by atoms with Gasteiger partial charge in [-0.2, -0.15) is 0 Å². The quantitative estimate of drug-likeness (QED) is 0.665. The van der Waals surface area contributed by atoms with E-state index in [-0.39, 0.29) is 19.3 Å². The first-order valence-corrected chi connectivity index (χ1v) is 7.15. The van der Waals surface area contributed by atoms with E-state index in [1.165, 1.54) is 7.11 Å². The van der Waals surface area contributed by atoms with Crippen molar-refractivity contribution in [1.29, 1.82) is 0 Å². The van der Waals surface area contributed by atoms with E-state index in [2.05, 4.69) is 15.0 Å². The van der Waals surface area contributed by atoms with Crippen LogP contribution >= 0.6 is 0 Å². The maximum Gasteiger partial charge on any atom is 0.326 e. The van der Waals surface area contributed by atoms with Gasteiger partial charge in [-0.3, -0.25) is 9.59 Å². The molecule has 1 atom stereocenters. The second-order valence-corrected chi connectivity index (χ2v) is 5.10. The predicted octanol–water partition coefficient (Wildman–Crippen LogP) is 1.23. The number of aliphatic carboxylic acids is 1. The molecular weight excluding hydrogens is 300 g/mol. The summed E-state index contributed by atoms with van der Waals surface area (Å²) in [6.07, 6.45) is 1.70. The van der Waals surface area contributed by atoms with Crippen molar-refractivity contribution in [2.24, 2.45) is 0 Å². The molecule has 0 saturated carbocycles. The molecule has 1 unspecified atom stereocenters. The molecule has 2 rings (SSSR count). The lowest BCUT2D eigenvalue weighted by atomic mass is 10.0. The van der Waals surface area contributed by atoms with E-state index in [4.69, 9.17) is 0 Å². The first kappa shape index (κ1) is 16.5. The number of methoxy groups -OCH3 is 1. The number of hydrogen-bond donors (Lipinski definition) is 3. The third kappa shape index (κ3) is 4.32. The molecule has 1 amide bonds. The Bertz CT molecular complexity index is 722. The third-order valence-electron chi connectivity index (χ3n) is 3.52. The van der Waals surface area contributed by atoms with Crippen LogP contribution in [0.25, 0.3) is 10.9 Å². The van der Waals surface area contributed by atoms with Crippen molar-refractivity contribution < 1.29 is 24.2 Å². The number of carboxylic acids is 1. The fourth-order valence-corrected chi connectivity index (χ4v) is 2.30. The van der Waals surface area contributed by atoms with Crippen LogP contribution in [0.2, 0.25) is 0 Å². The van der Waals surface area contributed by atoms with Crippen molar-refractivity contribution in [3.05, 3.63) is 36.0 Å². The number of H-pyrrole nitrogens is 1. The molecule has 0 radical (unpaired) electrons. The number of para-hydroxylation sites is 1. The van der Waals surface area contributed by atoms with Gasteiger partial charge in [-0.25, -0.2) is 4.79 Å². The maximum atomic E-state index is 11.8. The number of carbonyl (C=O) groups is 3. The molecule has 2 aromatic rings. The van der Waals surface area contributed by atoms with Crippen molar-refractivity contribution in [3.8, 4) is 0 Å². The first-order chi connectivity index (χ1) is 11.0. The molecule has 0 aliphatic heterocycles. The number of carboxylic acid groups (broad SMARTS) is 1. The average molecular weight is 318 g/mol. The zero-order valence-electron chi connectivity index (χ0n) is 12.7. The lowest BCUT2D eigenvalue weighted by molar-refractivity contribution is -0.143. The second-order valence-electron chi connectivity index (χ2n) is 5.10. The monoisotopic (exact) mass is 318 g/mol. The number of nitrogens with one attached hydrogen (secondary N) is 2. The number of aromatic amines is 1. The van der Waals surface area contributed by atoms with Crippen molar-refractivity contribution in [1.82, 2.24) is 10.3 Å². The number of aromatic nitrogens is 1. The van der Waals surface area contributed by atoms with Gasteiger partial charge in [-0.1, -0.05) is 18.2 Å². The highest BCUT2D eigenvalue weighted by atomic mass is 16.5. The molecule has 0 saturated heterocycles. The Kier molecular flexibility index (Phi) is 5.35. The zero-order valence-corrected chi connectivity index (χ0v) is 12.7. The minimum Gasteiger partial charge on any atom is -0.480 e. The molecule has 122 valence electrons. The molecule has 23 heavy (non-hydrogen) atoms. The van der Waals surface area contributed by atoms with Gasteiger partial charge in [0.2, 0.25) is 5.91 Å². The third-order valence-corrected chi connectivity index (χ3v) is 3.52. The molecule has 0 aliphatic carbocycles. The topological polar surface area (TPSA) is 108 Å². The molecule has 7 heteroatoms. The Morgan fingerprint density at radius 1 is 1.26 bits per heavy atom. The van der Waals surface area contributed by atoms with Crippen LogP contribution in [0.15, 0.2) is 30.5 Å². The number of esters is 1. The van der Waals surface area contributed by atoms with E-state index in [0.717, 1.165) is 16.5 Å². The molecule has 0 bridgehead atoms. The molecule has 0 fully saturated rings. The molecule has 3 N–H and O–H groups in total. The van der Waals surface area contributed by atoms with E-state index < -0.39 is 23.9 Å². The Morgan fingerprint density at radius 3 is 2.70 bits per heavy atom. The second kappa shape index (κ2) is 7.44. The highest BCUT2D eigenvalue weighted by Crippen LogP contribution is 2.19. The largest absolute Gasteiger partial charge is 0.480 e. The van der Waals surface area contributed by atoms with Crippen molar-refractivity contribution in [2.45, 2.75) is 25.3 Å². The first-order valence-electron chi connectivity index (χ1n) is 7.15. The summed E-state index contributed by atoms with van der Waals surface area (Å²) in [5, 5.41) is 12.7. The van der Waals surface area contributed by atoms with Crippen LogP contribution < -0.4 is 5.32 Å². The van der Waals surface area contributed by atoms with E-state index in [1.54, 1.807) is 6.20 Å². The van der Waals surface area contributed by atoms with Crippen LogP contribution in [0.3, 0.4) is 0 Å². The van der Waals surface area contributed by atoms with Gasteiger partial charge in [0.1, 0.15) is 6.04 Å². The number of hydrogen-bond acceptors (Lipinski definition) is 4. The van der Waals surface area contributed by atoms with Crippen LogP contribution in [0.5, 0.6) is 0 Å². The van der Waals surface area contributed by atoms with Gasteiger partial charge >= 0.3 is 11.9 Å². The van der Waals surface area contributed by atoms with Gasteiger partial charge in [-0.15, -0.1) is 0 Å². The van der Waals surface area contributed by atoms with Crippen LogP contribution in [0, 0.1) is 0 Å². The fourth-order valence-electron chi connectivity index (χ4n) is 2.30. The number of carbonyl (C=O) groups excluding carboxylic acids is 2. The maximum absolute atomic E-state index is 11.8. The van der Waals surface area contributed by atoms with Gasteiger partial charge in [0.25, 0.3) is 0 Å². The minimum atomic E-state index is -1.12. The highest BCUT2D eigenvalue weighted by Gasteiger charge is 2.22. The smallest absolute Gasteiger partial charge is 0.326 e. The Balaban J connectivity index is 2.03. The predicted molar refractivity (Wildman–Crippen MR) is 82.8 cm³/mol. The molecule has 7 nitrogen and oxygen atoms in total. The molecule has 0 spiro atoms. The Morgan fingerprint density at radius 2 is 2.00 bits per heavy atom. The zero-order chi connectivity index (χ0) is 16.8. The standard InChI is InChI=1S/C16H18N2O5/c1-23-15(20)7-6-14(19)18-13(16(21)22)8-10-9-17-12-5-3-2-4-11(10)12/h2-5,9,13,17H,6-8H2,1H3,(H,18,19)(H,21,22). The normalized spacial score (nSPS) is 11.9. The summed E-state index contributed by atoms with van der Waals surface area (Å²) in [5.74, 6) is -2.13. The summed E-state index contributed by atoms with van der Waals surface area (Å²) in [5.41, 5.74) is 1.71. The Hall–Kier alpha value is -2.83. The average Bonchev–Trinajstić information content (AvgIpc) is 2.95. The van der Waals surface area contributed by atoms with Crippen LogP contribution in [-0.2, 0) is 25.5 Å². The van der Waals surface area contributed by atoms with E-state index >= 15 is 0 Å². The lowest BCUT2D eigenvalue weighted by Gasteiger charge is -2.14. The lowest BCUT2D eigenvalue weighted by Crippen LogP contribution is -2.42. The van der Waals surface area contributed by atoms with E-state index in [9.17, 15) is 19.5 Å². The highest BCUT2D eigenvalue weighted by molar-refractivity contribution is 5.87. The van der Waals surface area contributed by atoms with Gasteiger partial charge in [0.15, 0.2) is 0 Å².